The van der Waals surface area contributed by atoms with E-state index in [9.17, 15) is 0 Å². The zero-order chi connectivity index (χ0) is 6.10. The molecule has 0 amide bonds. The van der Waals surface area contributed by atoms with E-state index in [0.717, 1.165) is 0 Å². The molecule has 3 heteroatoms. The molecule has 0 aromatic heterocycles. The largest absolute Gasteiger partial charge is 0.316 e. The van der Waals surface area contributed by atoms with Crippen LogP contribution in [0.1, 0.15) is 0 Å². The smallest absolute Gasteiger partial charge is 0.0726 e. The van der Waals surface area contributed by atoms with Crippen molar-refractivity contribution in [2.24, 2.45) is 0 Å². The topological polar surface area (TPSA) is 15.3 Å². The molecule has 2 aliphatic heterocycles. The van der Waals surface area contributed by atoms with E-state index in [1.54, 1.807) is 12.1 Å². The number of hydrogen-bond acceptors (Lipinski definition) is 3. The van der Waals surface area contributed by atoms with Gasteiger partial charge >= 0.3 is 0 Å². The summed E-state index contributed by atoms with van der Waals surface area (Å²) < 4.78 is 5.11. The second kappa shape index (κ2) is 1.84. The first-order valence-corrected chi connectivity index (χ1v) is 3.51. The highest BCUT2D eigenvalue weighted by molar-refractivity contribution is 7.95. The summed E-state index contributed by atoms with van der Waals surface area (Å²) in [6, 6.07) is 0. The quantitative estimate of drug-likeness (QED) is 0.509. The molecule has 0 fully saturated rings. The molecule has 1 N–H and O–H groups in total. The number of nitrogens with zero attached hydrogens (tertiary/aromatic N) is 1. The molecule has 0 unspecified atom stereocenters. The van der Waals surface area contributed by atoms with Crippen molar-refractivity contribution in [3.8, 4) is 0 Å². The lowest BCUT2D eigenvalue weighted by molar-refractivity contribution is 0.807. The maximum atomic E-state index is 3.04. The van der Waals surface area contributed by atoms with Crippen molar-refractivity contribution in [2.45, 2.75) is 0 Å². The number of fused-ring (bicyclic) bond motifs is 1. The molecular weight excluding hydrogens is 132 g/mol. The summed E-state index contributed by atoms with van der Waals surface area (Å²) >= 11 is 1.58. The third kappa shape index (κ3) is 0.733. The highest BCUT2D eigenvalue weighted by Gasteiger charge is 2.11. The van der Waals surface area contributed by atoms with E-state index in [1.807, 2.05) is 24.6 Å². The maximum absolute atomic E-state index is 3.04. The van der Waals surface area contributed by atoms with Crippen LogP contribution in [0.15, 0.2) is 36.3 Å². The van der Waals surface area contributed by atoms with Crippen molar-refractivity contribution in [3.05, 3.63) is 36.3 Å². The van der Waals surface area contributed by atoms with Crippen molar-refractivity contribution in [1.82, 2.24) is 9.03 Å². The number of hydrogen-bond donors (Lipinski definition) is 1. The molecular formula is C6H6N2S. The lowest BCUT2D eigenvalue weighted by atomic mass is 10.3. The first-order valence-electron chi connectivity index (χ1n) is 2.73. The Morgan fingerprint density at radius 2 is 2.44 bits per heavy atom. The summed E-state index contributed by atoms with van der Waals surface area (Å²) in [5.41, 5.74) is 1.21. The van der Waals surface area contributed by atoms with Gasteiger partial charge in [-0.1, -0.05) is 6.08 Å². The molecule has 2 nitrogen and oxygen atoms in total. The van der Waals surface area contributed by atoms with Gasteiger partial charge in [-0.15, -0.1) is 0 Å². The monoisotopic (exact) mass is 138 g/mol. The fourth-order valence-corrected chi connectivity index (χ4v) is 1.42. The molecule has 2 aliphatic rings. The van der Waals surface area contributed by atoms with Crippen LogP contribution in [0.3, 0.4) is 0 Å². The van der Waals surface area contributed by atoms with Crippen molar-refractivity contribution in [1.29, 1.82) is 0 Å². The van der Waals surface area contributed by atoms with E-state index >= 15 is 0 Å². The second-order valence-electron chi connectivity index (χ2n) is 1.80. The van der Waals surface area contributed by atoms with Crippen LogP contribution in [-0.4, -0.2) is 4.31 Å². The predicted molar refractivity (Wildman–Crippen MR) is 38.9 cm³/mol. The van der Waals surface area contributed by atoms with Crippen LogP contribution in [0.5, 0.6) is 0 Å². The average molecular weight is 138 g/mol. The molecule has 2 heterocycles. The molecule has 0 saturated heterocycles. The predicted octanol–water partition coefficient (Wildman–Crippen LogP) is 1.38. The van der Waals surface area contributed by atoms with Gasteiger partial charge in [-0.05, 0) is 12.2 Å². The minimum Gasteiger partial charge on any atom is -0.316 e. The summed E-state index contributed by atoms with van der Waals surface area (Å²) in [6.07, 6.45) is 10.1. The van der Waals surface area contributed by atoms with Crippen LogP contribution in [0, 0.1) is 0 Å². The molecule has 2 rings (SSSR count). The van der Waals surface area contributed by atoms with Crippen LogP contribution in [-0.2, 0) is 0 Å². The lowest BCUT2D eigenvalue weighted by Crippen LogP contribution is -2.03. The van der Waals surface area contributed by atoms with E-state index < -0.39 is 0 Å². The molecule has 0 aliphatic carbocycles. The zero-order valence-electron chi connectivity index (χ0n) is 4.74. The first-order chi connectivity index (χ1) is 4.47. The second-order valence-corrected chi connectivity index (χ2v) is 2.62. The number of allylic oxidation sites excluding steroid dienone is 3. The molecule has 0 spiro atoms. The van der Waals surface area contributed by atoms with Crippen molar-refractivity contribution in [2.75, 3.05) is 0 Å². The van der Waals surface area contributed by atoms with E-state index in [2.05, 4.69) is 15.1 Å². The first kappa shape index (κ1) is 4.99. The normalized spacial score (nSPS) is 21.3. The van der Waals surface area contributed by atoms with Gasteiger partial charge in [-0.3, -0.25) is 4.31 Å². The SMILES string of the molecule is C1=CC2=CNSN2C=C1. The van der Waals surface area contributed by atoms with Crippen LogP contribution < -0.4 is 4.72 Å². The van der Waals surface area contributed by atoms with Gasteiger partial charge in [0.25, 0.3) is 0 Å². The van der Waals surface area contributed by atoms with E-state index in [-0.39, 0.29) is 0 Å². The standard InChI is InChI=1S/C6H6N2S/c1-2-4-8-6(3-1)5-7-9-8/h1-5,7H. The minimum atomic E-state index is 1.21. The minimum absolute atomic E-state index is 1.21. The molecule has 0 aromatic rings. The number of nitrogens with one attached hydrogen (secondary N) is 1. The molecule has 0 aromatic carbocycles. The van der Waals surface area contributed by atoms with Crippen LogP contribution in [0.4, 0.5) is 0 Å². The fourth-order valence-electron chi connectivity index (χ4n) is 0.780. The van der Waals surface area contributed by atoms with Crippen LogP contribution in [0.25, 0.3) is 0 Å². The van der Waals surface area contributed by atoms with Gasteiger partial charge in [-0.25, -0.2) is 0 Å². The van der Waals surface area contributed by atoms with Crippen molar-refractivity contribution >= 4 is 12.1 Å². The Bertz CT molecular complexity index is 202. The Kier molecular flexibility index (Phi) is 1.02. The zero-order valence-corrected chi connectivity index (χ0v) is 5.56. The van der Waals surface area contributed by atoms with E-state index in [1.165, 1.54) is 5.70 Å². The Morgan fingerprint density at radius 1 is 1.44 bits per heavy atom. The summed E-state index contributed by atoms with van der Waals surface area (Å²) in [7, 11) is 0. The van der Waals surface area contributed by atoms with Gasteiger partial charge in [0.2, 0.25) is 0 Å². The van der Waals surface area contributed by atoms with Gasteiger partial charge in [-0.2, -0.15) is 0 Å². The summed E-state index contributed by atoms with van der Waals surface area (Å²) in [6.45, 7) is 0. The molecule has 0 atom stereocenters. The van der Waals surface area contributed by atoms with Gasteiger partial charge in [0.1, 0.15) is 0 Å². The summed E-state index contributed by atoms with van der Waals surface area (Å²) in [5, 5.41) is 0. The van der Waals surface area contributed by atoms with Crippen LogP contribution >= 0.6 is 12.1 Å². The fraction of sp³-hybridized carbons (Fsp3) is 0. The average Bonchev–Trinajstić information content (AvgIpc) is 2.33. The van der Waals surface area contributed by atoms with Crippen LogP contribution in [0.2, 0.25) is 0 Å². The van der Waals surface area contributed by atoms with Gasteiger partial charge in [0.15, 0.2) is 0 Å². The Hall–Kier alpha value is -0.830. The van der Waals surface area contributed by atoms with Gasteiger partial charge < -0.3 is 4.72 Å². The molecule has 0 saturated carbocycles. The summed E-state index contributed by atoms with van der Waals surface area (Å²) in [4.78, 5) is 0. The third-order valence-corrected chi connectivity index (χ3v) is 1.96. The summed E-state index contributed by atoms with van der Waals surface area (Å²) in [5.74, 6) is 0. The van der Waals surface area contributed by atoms with Crippen molar-refractivity contribution in [3.63, 3.8) is 0 Å². The Labute approximate surface area is 58.2 Å². The maximum Gasteiger partial charge on any atom is 0.0726 e. The lowest BCUT2D eigenvalue weighted by Gasteiger charge is -2.12. The Balaban J connectivity index is 2.33. The van der Waals surface area contributed by atoms with E-state index in [4.69, 9.17) is 0 Å². The number of rotatable bonds is 0. The molecule has 46 valence electrons. The highest BCUT2D eigenvalue weighted by atomic mass is 32.2. The van der Waals surface area contributed by atoms with Gasteiger partial charge in [0.05, 0.1) is 17.8 Å². The Morgan fingerprint density at radius 3 is 3.33 bits per heavy atom. The molecule has 9 heavy (non-hydrogen) atoms. The highest BCUT2D eigenvalue weighted by Crippen LogP contribution is 2.24. The molecule has 0 radical (unpaired) electrons. The molecule has 0 bridgehead atoms. The van der Waals surface area contributed by atoms with E-state index in [0.29, 0.717) is 0 Å². The van der Waals surface area contributed by atoms with Gasteiger partial charge in [0, 0.05) is 12.4 Å². The third-order valence-electron chi connectivity index (χ3n) is 1.21. The van der Waals surface area contributed by atoms with Crippen molar-refractivity contribution < 1.29 is 0 Å².